The molecule has 1 N–H and O–H groups in total. The number of nitriles is 1. The van der Waals surface area contributed by atoms with Gasteiger partial charge in [-0.15, -0.1) is 0 Å². The van der Waals surface area contributed by atoms with Crippen LogP contribution in [0.15, 0.2) is 35.4 Å². The van der Waals surface area contributed by atoms with Crippen LogP contribution in [0, 0.1) is 29.6 Å². The molecule has 1 amide bonds. The molecule has 0 fully saturated rings. The number of nitrogens with one attached hydrogen (secondary N) is 1. The molecule has 0 aliphatic heterocycles. The van der Waals surface area contributed by atoms with Gasteiger partial charge in [-0.25, -0.2) is 4.98 Å². The zero-order valence-corrected chi connectivity index (χ0v) is 18.7. The van der Waals surface area contributed by atoms with Gasteiger partial charge in [-0.1, -0.05) is 50.2 Å². The Morgan fingerprint density at radius 1 is 1.31 bits per heavy atom. The van der Waals surface area contributed by atoms with E-state index in [9.17, 15) is 10.1 Å². The Labute approximate surface area is 178 Å². The molecule has 152 valence electrons. The molecule has 0 radical (unpaired) electrons. The van der Waals surface area contributed by atoms with Crippen molar-refractivity contribution in [2.45, 2.75) is 64.2 Å². The van der Waals surface area contributed by atoms with E-state index in [1.807, 2.05) is 44.2 Å². The van der Waals surface area contributed by atoms with Crippen molar-refractivity contribution in [1.29, 1.82) is 5.26 Å². The summed E-state index contributed by atoms with van der Waals surface area (Å²) in [5.41, 5.74) is 5.02. The second kappa shape index (κ2) is 8.59. The molecule has 0 saturated carbocycles. The van der Waals surface area contributed by atoms with Crippen molar-refractivity contribution < 1.29 is 4.79 Å². The third-order valence-corrected chi connectivity index (χ3v) is 6.78. The van der Waals surface area contributed by atoms with Crippen LogP contribution in [0.2, 0.25) is 0 Å². The van der Waals surface area contributed by atoms with Gasteiger partial charge in [-0.3, -0.25) is 4.79 Å². The quantitative estimate of drug-likeness (QED) is 0.677. The number of anilines is 1. The highest BCUT2D eigenvalue weighted by Gasteiger charge is 2.30. The smallest absolute Gasteiger partial charge is 0.237 e. The Balaban J connectivity index is 1.74. The van der Waals surface area contributed by atoms with E-state index in [-0.39, 0.29) is 16.6 Å². The summed E-state index contributed by atoms with van der Waals surface area (Å²) in [7, 11) is 0. The minimum atomic E-state index is -0.347. The Kier molecular flexibility index (Phi) is 6.33. The molecule has 2 aromatic rings. The first-order chi connectivity index (χ1) is 13.7. The van der Waals surface area contributed by atoms with Gasteiger partial charge in [0, 0.05) is 11.4 Å². The lowest BCUT2D eigenvalue weighted by molar-refractivity contribution is -0.115. The van der Waals surface area contributed by atoms with E-state index in [4.69, 9.17) is 4.98 Å². The van der Waals surface area contributed by atoms with E-state index in [0.717, 1.165) is 36.2 Å². The number of benzene rings is 1. The number of thioether (sulfide) groups is 1. The Morgan fingerprint density at radius 3 is 2.62 bits per heavy atom. The summed E-state index contributed by atoms with van der Waals surface area (Å²) in [4.78, 5) is 17.4. The molecule has 1 aromatic heterocycles. The van der Waals surface area contributed by atoms with Crippen molar-refractivity contribution in [3.63, 3.8) is 0 Å². The maximum atomic E-state index is 12.6. The molecule has 4 nitrogen and oxygen atoms in total. The highest BCUT2D eigenvalue weighted by atomic mass is 32.2. The van der Waals surface area contributed by atoms with Crippen LogP contribution in [-0.2, 0) is 17.6 Å². The first kappa shape index (κ1) is 21.4. The topological polar surface area (TPSA) is 65.8 Å². The number of carbonyl (C=O) groups excluding carboxylic acids is 1. The van der Waals surface area contributed by atoms with Crippen LogP contribution in [0.1, 0.15) is 56.5 Å². The highest BCUT2D eigenvalue weighted by molar-refractivity contribution is 8.00. The standard InChI is InChI=1S/C24H29N3OS/c1-15-6-9-20(10-7-15)26-22(28)16(2)29-23-18(14-25)12-17-13-19(24(3,4)5)8-11-21(17)27-23/h6-7,9-10,12,16,19H,8,11,13H2,1-5H3,(H,26,28). The van der Waals surface area contributed by atoms with Gasteiger partial charge in [0.05, 0.1) is 10.8 Å². The summed E-state index contributed by atoms with van der Waals surface area (Å²) in [6.45, 7) is 10.7. The number of fused-ring (bicyclic) bond motifs is 1. The number of carbonyl (C=O) groups is 1. The van der Waals surface area contributed by atoms with Crippen LogP contribution in [0.25, 0.3) is 0 Å². The molecule has 1 aromatic carbocycles. The Morgan fingerprint density at radius 2 is 2.00 bits per heavy atom. The average Bonchev–Trinajstić information content (AvgIpc) is 2.68. The van der Waals surface area contributed by atoms with Crippen LogP contribution in [0.4, 0.5) is 5.69 Å². The van der Waals surface area contributed by atoms with Gasteiger partial charge < -0.3 is 5.32 Å². The molecule has 1 heterocycles. The lowest BCUT2D eigenvalue weighted by Crippen LogP contribution is -2.27. The predicted octanol–water partition coefficient (Wildman–Crippen LogP) is 5.53. The maximum Gasteiger partial charge on any atom is 0.237 e. The van der Waals surface area contributed by atoms with E-state index in [2.05, 4.69) is 32.2 Å². The predicted molar refractivity (Wildman–Crippen MR) is 119 cm³/mol. The van der Waals surface area contributed by atoms with Crippen LogP contribution < -0.4 is 5.32 Å². The third kappa shape index (κ3) is 5.19. The molecule has 1 aliphatic rings. The average molecular weight is 408 g/mol. The molecule has 2 unspecified atom stereocenters. The number of pyridine rings is 1. The van der Waals surface area contributed by atoms with E-state index in [1.54, 1.807) is 0 Å². The number of hydrogen-bond donors (Lipinski definition) is 1. The fraction of sp³-hybridized carbons (Fsp3) is 0.458. The summed E-state index contributed by atoms with van der Waals surface area (Å²) in [6.07, 6.45) is 3.01. The molecule has 1 aliphatic carbocycles. The van der Waals surface area contributed by atoms with Gasteiger partial charge in [-0.05, 0) is 68.2 Å². The van der Waals surface area contributed by atoms with Gasteiger partial charge in [0.2, 0.25) is 5.91 Å². The van der Waals surface area contributed by atoms with Gasteiger partial charge in [0.15, 0.2) is 0 Å². The second-order valence-electron chi connectivity index (χ2n) is 8.98. The molecular formula is C24H29N3OS. The van der Waals surface area contributed by atoms with Crippen molar-refractivity contribution in [3.8, 4) is 6.07 Å². The van der Waals surface area contributed by atoms with Gasteiger partial charge in [0.25, 0.3) is 0 Å². The highest BCUT2D eigenvalue weighted by Crippen LogP contribution is 2.38. The Bertz CT molecular complexity index is 938. The van der Waals surface area contributed by atoms with Crippen molar-refractivity contribution in [1.82, 2.24) is 4.98 Å². The summed E-state index contributed by atoms with van der Waals surface area (Å²) >= 11 is 1.36. The van der Waals surface area contributed by atoms with Gasteiger partial charge in [-0.2, -0.15) is 5.26 Å². The summed E-state index contributed by atoms with van der Waals surface area (Å²) in [6, 6.07) is 12.0. The van der Waals surface area contributed by atoms with Crippen molar-refractivity contribution >= 4 is 23.4 Å². The molecule has 0 saturated heterocycles. The first-order valence-corrected chi connectivity index (χ1v) is 11.0. The fourth-order valence-corrected chi connectivity index (χ4v) is 4.55. The normalized spacial score (nSPS) is 17.2. The lowest BCUT2D eigenvalue weighted by atomic mass is 9.71. The van der Waals surface area contributed by atoms with Crippen molar-refractivity contribution in [2.24, 2.45) is 11.3 Å². The van der Waals surface area contributed by atoms with Crippen LogP contribution in [0.3, 0.4) is 0 Å². The zero-order valence-electron chi connectivity index (χ0n) is 17.9. The van der Waals surface area contributed by atoms with E-state index >= 15 is 0 Å². The number of nitrogens with zero attached hydrogens (tertiary/aromatic N) is 2. The van der Waals surface area contributed by atoms with Crippen molar-refractivity contribution in [2.75, 3.05) is 5.32 Å². The van der Waals surface area contributed by atoms with Crippen LogP contribution >= 0.6 is 11.8 Å². The SMILES string of the molecule is Cc1ccc(NC(=O)C(C)Sc2nc3c(cc2C#N)CC(C(C)(C)C)CC3)cc1. The maximum absolute atomic E-state index is 12.6. The van der Waals surface area contributed by atoms with Crippen molar-refractivity contribution in [3.05, 3.63) is 52.7 Å². The number of aryl methyl sites for hydroxylation is 2. The molecule has 5 heteroatoms. The first-order valence-electron chi connectivity index (χ1n) is 10.1. The van der Waals surface area contributed by atoms with Crippen LogP contribution in [-0.4, -0.2) is 16.1 Å². The minimum absolute atomic E-state index is 0.0879. The fourth-order valence-electron chi connectivity index (χ4n) is 3.66. The van der Waals surface area contributed by atoms with Gasteiger partial charge >= 0.3 is 0 Å². The molecular weight excluding hydrogens is 378 g/mol. The number of amides is 1. The van der Waals surface area contributed by atoms with E-state index in [0.29, 0.717) is 16.5 Å². The molecule has 29 heavy (non-hydrogen) atoms. The Hall–Kier alpha value is -2.32. The monoisotopic (exact) mass is 407 g/mol. The number of hydrogen-bond acceptors (Lipinski definition) is 4. The minimum Gasteiger partial charge on any atom is -0.325 e. The number of rotatable bonds is 4. The molecule has 0 bridgehead atoms. The zero-order chi connectivity index (χ0) is 21.2. The molecule has 0 spiro atoms. The lowest BCUT2D eigenvalue weighted by Gasteiger charge is -2.34. The van der Waals surface area contributed by atoms with E-state index in [1.165, 1.54) is 17.3 Å². The number of aromatic nitrogens is 1. The summed E-state index contributed by atoms with van der Waals surface area (Å²) < 4.78 is 0. The third-order valence-electron chi connectivity index (χ3n) is 5.67. The van der Waals surface area contributed by atoms with E-state index < -0.39 is 0 Å². The molecule has 2 atom stereocenters. The largest absolute Gasteiger partial charge is 0.325 e. The van der Waals surface area contributed by atoms with Crippen LogP contribution in [0.5, 0.6) is 0 Å². The summed E-state index contributed by atoms with van der Waals surface area (Å²) in [5, 5.41) is 12.9. The molecule has 3 rings (SSSR count). The second-order valence-corrected chi connectivity index (χ2v) is 10.3. The summed E-state index contributed by atoms with van der Waals surface area (Å²) in [5.74, 6) is 0.510. The van der Waals surface area contributed by atoms with Gasteiger partial charge in [0.1, 0.15) is 11.1 Å².